The molecule has 0 aliphatic carbocycles. The lowest BCUT2D eigenvalue weighted by Crippen LogP contribution is -2.52. The zero-order valence-corrected chi connectivity index (χ0v) is 10.8. The highest BCUT2D eigenvalue weighted by atomic mass is 19.4. The van der Waals surface area contributed by atoms with Crippen molar-refractivity contribution in [2.24, 2.45) is 5.92 Å². The molecule has 0 aromatic carbocycles. The van der Waals surface area contributed by atoms with Gasteiger partial charge in [0.2, 0.25) is 0 Å². The summed E-state index contributed by atoms with van der Waals surface area (Å²) >= 11 is 0. The molecule has 2 atom stereocenters. The minimum Gasteiger partial charge on any atom is -0.459 e. The van der Waals surface area contributed by atoms with Crippen molar-refractivity contribution in [2.75, 3.05) is 6.54 Å². The van der Waals surface area contributed by atoms with E-state index >= 15 is 0 Å². The quantitative estimate of drug-likeness (QED) is 0.627. The number of nitrogens with one attached hydrogen (secondary N) is 1. The molecular formula is C11H16F5NO2. The summed E-state index contributed by atoms with van der Waals surface area (Å²) in [7, 11) is 0. The lowest BCUT2D eigenvalue weighted by Gasteiger charge is -2.30. The summed E-state index contributed by atoms with van der Waals surface area (Å²) in [6.07, 6.45) is -6.11. The molecule has 1 fully saturated rings. The van der Waals surface area contributed by atoms with E-state index < -0.39 is 42.0 Å². The van der Waals surface area contributed by atoms with Crippen molar-refractivity contribution in [3.8, 4) is 0 Å². The van der Waals surface area contributed by atoms with Crippen LogP contribution in [0.25, 0.3) is 0 Å². The lowest BCUT2D eigenvalue weighted by molar-refractivity contribution is -0.303. The zero-order chi connectivity index (χ0) is 15.1. The highest BCUT2D eigenvalue weighted by Crippen LogP contribution is 2.45. The average molecular weight is 289 g/mol. The smallest absolute Gasteiger partial charge is 0.453 e. The molecule has 0 bridgehead atoms. The van der Waals surface area contributed by atoms with Crippen LogP contribution in [-0.2, 0) is 9.53 Å². The van der Waals surface area contributed by atoms with Gasteiger partial charge in [-0.3, -0.25) is 4.79 Å². The number of halogens is 5. The highest BCUT2D eigenvalue weighted by molar-refractivity contribution is 5.77. The van der Waals surface area contributed by atoms with Crippen molar-refractivity contribution in [3.05, 3.63) is 0 Å². The van der Waals surface area contributed by atoms with Gasteiger partial charge in [0.15, 0.2) is 0 Å². The molecule has 1 aliphatic heterocycles. The number of esters is 1. The summed E-state index contributed by atoms with van der Waals surface area (Å²) < 4.78 is 68.5. The largest absolute Gasteiger partial charge is 0.459 e. The van der Waals surface area contributed by atoms with Crippen LogP contribution in [0.15, 0.2) is 0 Å². The molecule has 8 heteroatoms. The lowest BCUT2D eigenvalue weighted by atomic mass is 9.92. The number of carbonyl (C=O) groups is 1. The molecule has 0 amide bonds. The number of carbonyl (C=O) groups excluding carboxylic acids is 1. The molecule has 0 spiro atoms. The van der Waals surface area contributed by atoms with Gasteiger partial charge in [-0.2, -0.15) is 22.0 Å². The molecule has 0 saturated carbocycles. The number of hydrogen-bond donors (Lipinski definition) is 1. The maximum absolute atomic E-state index is 13.3. The van der Waals surface area contributed by atoms with E-state index in [0.29, 0.717) is 0 Å². The standard InChI is InChI=1S/C11H16F5NO2/c1-9(2,3)19-8(18)7-6(4-5-17-7)10(12,13)11(14,15)16/h6-7,17H,4-5H2,1-3H3/t6-,7-/m1/s1. The van der Waals surface area contributed by atoms with E-state index in [4.69, 9.17) is 4.74 Å². The predicted octanol–water partition coefficient (Wildman–Crippen LogP) is 2.50. The Labute approximate surface area is 107 Å². The summed E-state index contributed by atoms with van der Waals surface area (Å²) in [6, 6.07) is -1.64. The number of alkyl halides is 5. The minimum absolute atomic E-state index is 0.0831. The van der Waals surface area contributed by atoms with Crippen molar-refractivity contribution in [1.29, 1.82) is 0 Å². The molecule has 1 rings (SSSR count). The van der Waals surface area contributed by atoms with E-state index in [1.165, 1.54) is 20.8 Å². The van der Waals surface area contributed by atoms with Crippen molar-refractivity contribution < 1.29 is 31.5 Å². The summed E-state index contributed by atoms with van der Waals surface area (Å²) in [5.41, 5.74) is -0.945. The van der Waals surface area contributed by atoms with E-state index in [2.05, 4.69) is 5.32 Å². The summed E-state index contributed by atoms with van der Waals surface area (Å²) in [5.74, 6) is -8.14. The van der Waals surface area contributed by atoms with Crippen LogP contribution in [-0.4, -0.2) is 36.3 Å². The molecule has 0 radical (unpaired) electrons. The second-order valence-corrected chi connectivity index (χ2v) is 5.48. The van der Waals surface area contributed by atoms with Crippen LogP contribution in [0.1, 0.15) is 27.2 Å². The third kappa shape index (κ3) is 3.55. The monoisotopic (exact) mass is 289 g/mol. The zero-order valence-electron chi connectivity index (χ0n) is 10.8. The Bertz CT molecular complexity index is 348. The number of ether oxygens (including phenoxy) is 1. The molecule has 0 aromatic heterocycles. The van der Waals surface area contributed by atoms with E-state index in [-0.39, 0.29) is 6.54 Å². The maximum Gasteiger partial charge on any atom is 0.453 e. The molecule has 0 aromatic rings. The van der Waals surface area contributed by atoms with E-state index in [9.17, 15) is 26.7 Å². The highest BCUT2D eigenvalue weighted by Gasteiger charge is 2.65. The molecule has 1 saturated heterocycles. The normalized spacial score (nSPS) is 25.5. The molecular weight excluding hydrogens is 273 g/mol. The molecule has 1 heterocycles. The van der Waals surface area contributed by atoms with Gasteiger partial charge in [0, 0.05) is 0 Å². The van der Waals surface area contributed by atoms with Crippen LogP contribution in [0.2, 0.25) is 0 Å². The van der Waals surface area contributed by atoms with Crippen LogP contribution in [0.4, 0.5) is 22.0 Å². The fraction of sp³-hybridized carbons (Fsp3) is 0.909. The Hall–Kier alpha value is -0.920. The van der Waals surface area contributed by atoms with Gasteiger partial charge in [0.1, 0.15) is 11.6 Å². The second-order valence-electron chi connectivity index (χ2n) is 5.48. The van der Waals surface area contributed by atoms with Gasteiger partial charge in [0.25, 0.3) is 0 Å². The molecule has 1 aliphatic rings. The fourth-order valence-corrected chi connectivity index (χ4v) is 1.92. The number of rotatable bonds is 2. The number of hydrogen-bond acceptors (Lipinski definition) is 3. The minimum atomic E-state index is -5.68. The Balaban J connectivity index is 2.89. The van der Waals surface area contributed by atoms with Crippen LogP contribution < -0.4 is 5.32 Å². The first-order valence-electron chi connectivity index (χ1n) is 5.77. The third-order valence-electron chi connectivity index (χ3n) is 2.73. The summed E-state index contributed by atoms with van der Waals surface area (Å²) in [4.78, 5) is 11.7. The predicted molar refractivity (Wildman–Crippen MR) is 56.7 cm³/mol. The second kappa shape index (κ2) is 4.88. The molecule has 19 heavy (non-hydrogen) atoms. The SMILES string of the molecule is CC(C)(C)OC(=O)[C@@H]1NCC[C@H]1C(F)(F)C(F)(F)F. The van der Waals surface area contributed by atoms with Crippen LogP contribution in [0.5, 0.6) is 0 Å². The van der Waals surface area contributed by atoms with Gasteiger partial charge < -0.3 is 10.1 Å². The molecule has 3 nitrogen and oxygen atoms in total. The summed E-state index contributed by atoms with van der Waals surface area (Å²) in [5, 5.41) is 2.35. The average Bonchev–Trinajstić information content (AvgIpc) is 2.60. The molecule has 112 valence electrons. The van der Waals surface area contributed by atoms with Gasteiger partial charge in [-0.25, -0.2) is 0 Å². The van der Waals surface area contributed by atoms with Crippen LogP contribution >= 0.6 is 0 Å². The third-order valence-corrected chi connectivity index (χ3v) is 2.73. The summed E-state index contributed by atoms with van der Waals surface area (Å²) in [6.45, 7) is 4.45. The van der Waals surface area contributed by atoms with E-state index in [0.717, 1.165) is 0 Å². The Morgan fingerprint density at radius 2 is 1.68 bits per heavy atom. The van der Waals surface area contributed by atoms with E-state index in [1.54, 1.807) is 0 Å². The van der Waals surface area contributed by atoms with Gasteiger partial charge in [0.05, 0.1) is 5.92 Å². The molecule has 0 unspecified atom stereocenters. The fourth-order valence-electron chi connectivity index (χ4n) is 1.92. The Kier molecular flexibility index (Phi) is 4.15. The van der Waals surface area contributed by atoms with Gasteiger partial charge in [-0.15, -0.1) is 0 Å². The topological polar surface area (TPSA) is 38.3 Å². The van der Waals surface area contributed by atoms with Gasteiger partial charge in [-0.05, 0) is 33.7 Å². The Morgan fingerprint density at radius 1 is 1.16 bits per heavy atom. The van der Waals surface area contributed by atoms with Crippen molar-refractivity contribution in [3.63, 3.8) is 0 Å². The molecule has 1 N–H and O–H groups in total. The van der Waals surface area contributed by atoms with Crippen LogP contribution in [0.3, 0.4) is 0 Å². The van der Waals surface area contributed by atoms with Gasteiger partial charge in [-0.1, -0.05) is 0 Å². The first-order valence-corrected chi connectivity index (χ1v) is 5.77. The first-order chi connectivity index (χ1) is 8.36. The first kappa shape index (κ1) is 16.1. The van der Waals surface area contributed by atoms with E-state index in [1.807, 2.05) is 0 Å². The van der Waals surface area contributed by atoms with Crippen LogP contribution in [0, 0.1) is 5.92 Å². The van der Waals surface area contributed by atoms with Crippen molar-refractivity contribution >= 4 is 5.97 Å². The Morgan fingerprint density at radius 3 is 2.11 bits per heavy atom. The van der Waals surface area contributed by atoms with Crippen molar-refractivity contribution in [2.45, 2.75) is 50.9 Å². The van der Waals surface area contributed by atoms with Gasteiger partial charge >= 0.3 is 18.1 Å². The maximum atomic E-state index is 13.3. The van der Waals surface area contributed by atoms with Crippen molar-refractivity contribution in [1.82, 2.24) is 5.32 Å².